The van der Waals surface area contributed by atoms with E-state index in [0.29, 0.717) is 0 Å². The summed E-state index contributed by atoms with van der Waals surface area (Å²) in [6.45, 7) is 9.87. The third-order valence-corrected chi connectivity index (χ3v) is 3.31. The van der Waals surface area contributed by atoms with E-state index in [1.54, 1.807) is 0 Å². The van der Waals surface area contributed by atoms with Crippen molar-refractivity contribution < 1.29 is 0 Å². The molecule has 2 heteroatoms. The Balaban J connectivity index is 2.17. The molecule has 0 aliphatic carbocycles. The highest BCUT2D eigenvalue weighted by Gasteiger charge is 2.06. The van der Waals surface area contributed by atoms with Crippen molar-refractivity contribution >= 4 is 11.8 Å². The van der Waals surface area contributed by atoms with Gasteiger partial charge in [-0.3, -0.25) is 0 Å². The molecule has 0 fully saturated rings. The van der Waals surface area contributed by atoms with Gasteiger partial charge in [0.1, 0.15) is 0 Å². The van der Waals surface area contributed by atoms with Gasteiger partial charge < -0.3 is 5.32 Å². The number of aryl methyl sites for hydroxylation is 1. The smallest absolute Gasteiger partial charge is 0.00965 e. The maximum Gasteiger partial charge on any atom is 0.00965 e. The molecule has 0 radical (unpaired) electrons. The standard InChI is InChI=1S/C14H23NS/c1-12-7-5-8-13(11-12)16-10-6-9-15-14(2,3)4/h5,7-8,11,15H,6,9-10H2,1-4H3. The fourth-order valence-electron chi connectivity index (χ4n) is 1.43. The second-order valence-electron chi connectivity index (χ2n) is 5.20. The van der Waals surface area contributed by atoms with Crippen molar-refractivity contribution in [1.82, 2.24) is 5.32 Å². The summed E-state index contributed by atoms with van der Waals surface area (Å²) in [6, 6.07) is 8.72. The van der Waals surface area contributed by atoms with E-state index in [-0.39, 0.29) is 5.54 Å². The molecule has 0 saturated heterocycles. The molecule has 0 aliphatic rings. The minimum absolute atomic E-state index is 0.244. The van der Waals surface area contributed by atoms with Gasteiger partial charge in [-0.15, -0.1) is 11.8 Å². The summed E-state index contributed by atoms with van der Waals surface area (Å²) in [5.74, 6) is 1.19. The monoisotopic (exact) mass is 237 g/mol. The molecule has 0 unspecified atom stereocenters. The highest BCUT2D eigenvalue weighted by molar-refractivity contribution is 7.99. The molecule has 1 nitrogen and oxygen atoms in total. The molecule has 1 aromatic rings. The highest BCUT2D eigenvalue weighted by atomic mass is 32.2. The van der Waals surface area contributed by atoms with Crippen molar-refractivity contribution in [2.45, 2.75) is 44.6 Å². The Labute approximate surface area is 104 Å². The summed E-state index contributed by atoms with van der Waals surface area (Å²) in [5, 5.41) is 3.51. The Morgan fingerprint density at radius 2 is 2.00 bits per heavy atom. The lowest BCUT2D eigenvalue weighted by atomic mass is 10.1. The largest absolute Gasteiger partial charge is 0.312 e. The van der Waals surface area contributed by atoms with Gasteiger partial charge in [0, 0.05) is 10.4 Å². The number of rotatable bonds is 5. The zero-order valence-electron chi connectivity index (χ0n) is 10.8. The van der Waals surface area contributed by atoms with Crippen LogP contribution in [0.4, 0.5) is 0 Å². The molecule has 0 amide bonds. The first-order valence-electron chi connectivity index (χ1n) is 5.92. The van der Waals surface area contributed by atoms with E-state index in [4.69, 9.17) is 0 Å². The molecular formula is C14H23NS. The molecule has 1 N–H and O–H groups in total. The Morgan fingerprint density at radius 1 is 1.25 bits per heavy atom. The van der Waals surface area contributed by atoms with Crippen molar-refractivity contribution in [2.24, 2.45) is 0 Å². The maximum absolute atomic E-state index is 3.51. The van der Waals surface area contributed by atoms with E-state index in [1.807, 2.05) is 11.8 Å². The number of hydrogen-bond donors (Lipinski definition) is 1. The Hall–Kier alpha value is -0.470. The molecule has 0 saturated carbocycles. The van der Waals surface area contributed by atoms with Crippen molar-refractivity contribution in [1.29, 1.82) is 0 Å². The molecule has 0 aromatic heterocycles. The summed E-state index contributed by atoms with van der Waals surface area (Å²) >= 11 is 1.95. The van der Waals surface area contributed by atoms with Crippen molar-refractivity contribution in [3.63, 3.8) is 0 Å². The molecule has 90 valence electrons. The van der Waals surface area contributed by atoms with E-state index in [9.17, 15) is 0 Å². The molecule has 0 atom stereocenters. The van der Waals surface area contributed by atoms with Crippen LogP contribution in [0.3, 0.4) is 0 Å². The van der Waals surface area contributed by atoms with Crippen LogP contribution in [0.15, 0.2) is 29.2 Å². The zero-order valence-corrected chi connectivity index (χ0v) is 11.7. The number of nitrogens with one attached hydrogen (secondary N) is 1. The van der Waals surface area contributed by atoms with Crippen LogP contribution in [0.1, 0.15) is 32.8 Å². The first-order valence-corrected chi connectivity index (χ1v) is 6.90. The zero-order chi connectivity index (χ0) is 12.0. The molecule has 0 bridgehead atoms. The predicted octanol–water partition coefficient (Wildman–Crippen LogP) is 3.87. The van der Waals surface area contributed by atoms with Crippen LogP contribution < -0.4 is 5.32 Å². The van der Waals surface area contributed by atoms with Crippen LogP contribution in [0, 0.1) is 6.92 Å². The van der Waals surface area contributed by atoms with Gasteiger partial charge in [0.15, 0.2) is 0 Å². The fraction of sp³-hybridized carbons (Fsp3) is 0.571. The SMILES string of the molecule is Cc1cccc(SCCCNC(C)(C)C)c1. The number of hydrogen-bond acceptors (Lipinski definition) is 2. The Bertz CT molecular complexity index is 315. The van der Waals surface area contributed by atoms with E-state index in [2.05, 4.69) is 57.3 Å². The van der Waals surface area contributed by atoms with Gasteiger partial charge >= 0.3 is 0 Å². The van der Waals surface area contributed by atoms with Gasteiger partial charge in [0.25, 0.3) is 0 Å². The van der Waals surface area contributed by atoms with E-state index >= 15 is 0 Å². The number of benzene rings is 1. The first kappa shape index (κ1) is 13.6. The van der Waals surface area contributed by atoms with Gasteiger partial charge in [0.05, 0.1) is 0 Å². The van der Waals surface area contributed by atoms with Gasteiger partial charge in [-0.05, 0) is 58.5 Å². The minimum atomic E-state index is 0.244. The van der Waals surface area contributed by atoms with Crippen molar-refractivity contribution in [3.8, 4) is 0 Å². The van der Waals surface area contributed by atoms with Gasteiger partial charge in [0.2, 0.25) is 0 Å². The van der Waals surface area contributed by atoms with E-state index in [0.717, 1.165) is 6.54 Å². The Kier molecular flexibility index (Phi) is 5.36. The summed E-state index contributed by atoms with van der Waals surface area (Å²) in [6.07, 6.45) is 1.22. The summed E-state index contributed by atoms with van der Waals surface area (Å²) in [4.78, 5) is 1.38. The average Bonchev–Trinajstić information content (AvgIpc) is 2.15. The molecule has 1 aromatic carbocycles. The lowest BCUT2D eigenvalue weighted by Crippen LogP contribution is -2.36. The van der Waals surface area contributed by atoms with Crippen LogP contribution in [0.5, 0.6) is 0 Å². The minimum Gasteiger partial charge on any atom is -0.312 e. The maximum atomic E-state index is 3.51. The lowest BCUT2D eigenvalue weighted by Gasteiger charge is -2.20. The van der Waals surface area contributed by atoms with Crippen LogP contribution in [0.2, 0.25) is 0 Å². The third kappa shape index (κ3) is 6.19. The van der Waals surface area contributed by atoms with E-state index in [1.165, 1.54) is 22.6 Å². The quantitative estimate of drug-likeness (QED) is 0.616. The second kappa shape index (κ2) is 6.31. The lowest BCUT2D eigenvalue weighted by molar-refractivity contribution is 0.427. The van der Waals surface area contributed by atoms with Gasteiger partial charge in [-0.1, -0.05) is 17.7 Å². The average molecular weight is 237 g/mol. The van der Waals surface area contributed by atoms with Crippen LogP contribution >= 0.6 is 11.8 Å². The second-order valence-corrected chi connectivity index (χ2v) is 6.36. The highest BCUT2D eigenvalue weighted by Crippen LogP contribution is 2.19. The molecule has 0 spiro atoms. The van der Waals surface area contributed by atoms with Crippen LogP contribution in [0.25, 0.3) is 0 Å². The molecule has 0 heterocycles. The van der Waals surface area contributed by atoms with Gasteiger partial charge in [-0.25, -0.2) is 0 Å². The summed E-state index contributed by atoms with van der Waals surface area (Å²) in [7, 11) is 0. The predicted molar refractivity (Wildman–Crippen MR) is 74.3 cm³/mol. The Morgan fingerprint density at radius 3 is 2.62 bits per heavy atom. The summed E-state index contributed by atoms with van der Waals surface area (Å²) < 4.78 is 0. The van der Waals surface area contributed by atoms with Gasteiger partial charge in [-0.2, -0.15) is 0 Å². The molecule has 1 rings (SSSR count). The molecule has 16 heavy (non-hydrogen) atoms. The molecular weight excluding hydrogens is 214 g/mol. The summed E-state index contributed by atoms with van der Waals surface area (Å²) in [5.41, 5.74) is 1.59. The van der Waals surface area contributed by atoms with E-state index < -0.39 is 0 Å². The fourth-order valence-corrected chi connectivity index (χ4v) is 2.40. The van der Waals surface area contributed by atoms with Crippen molar-refractivity contribution in [2.75, 3.05) is 12.3 Å². The topological polar surface area (TPSA) is 12.0 Å². The van der Waals surface area contributed by atoms with Crippen LogP contribution in [-0.4, -0.2) is 17.8 Å². The molecule has 0 aliphatic heterocycles. The van der Waals surface area contributed by atoms with Crippen molar-refractivity contribution in [3.05, 3.63) is 29.8 Å². The normalized spacial score (nSPS) is 11.8. The third-order valence-electron chi connectivity index (χ3n) is 2.23. The number of thioether (sulfide) groups is 1. The van der Waals surface area contributed by atoms with Crippen LogP contribution in [-0.2, 0) is 0 Å². The first-order chi connectivity index (χ1) is 7.47.